The van der Waals surface area contributed by atoms with Gasteiger partial charge in [0.1, 0.15) is 5.75 Å². The summed E-state index contributed by atoms with van der Waals surface area (Å²) in [7, 11) is 0. The van der Waals surface area contributed by atoms with Crippen molar-refractivity contribution in [2.75, 3.05) is 6.61 Å². The molecule has 3 heteroatoms. The minimum absolute atomic E-state index is 0.427. The van der Waals surface area contributed by atoms with Gasteiger partial charge in [0.05, 0.1) is 12.3 Å². The Balaban J connectivity index is 2.70. The number of aryl methyl sites for hydroxylation is 1. The van der Waals surface area contributed by atoms with E-state index in [4.69, 9.17) is 11.2 Å². The van der Waals surface area contributed by atoms with Crippen molar-refractivity contribution in [3.63, 3.8) is 0 Å². The molecule has 0 saturated heterocycles. The van der Waals surface area contributed by atoms with Crippen LogP contribution in [-0.4, -0.2) is 17.6 Å². The standard InChI is InChI=1S/C14H20N2O/c1-5-6-9-17-14-8-7-12(4)16-13(14)10-15-11(2)3/h1,7-8,11,15H,6,9-10H2,2-4H3. The maximum Gasteiger partial charge on any atom is 0.142 e. The summed E-state index contributed by atoms with van der Waals surface area (Å²) >= 11 is 0. The molecule has 0 radical (unpaired) electrons. The number of ether oxygens (including phenoxy) is 1. The third-order valence-corrected chi connectivity index (χ3v) is 2.25. The van der Waals surface area contributed by atoms with Crippen molar-refractivity contribution < 1.29 is 4.74 Å². The van der Waals surface area contributed by atoms with E-state index in [0.717, 1.165) is 17.1 Å². The number of hydrogen-bond acceptors (Lipinski definition) is 3. The normalized spacial score (nSPS) is 10.3. The highest BCUT2D eigenvalue weighted by Gasteiger charge is 2.06. The lowest BCUT2D eigenvalue weighted by Crippen LogP contribution is -2.23. The number of nitrogens with zero attached hydrogens (tertiary/aromatic N) is 1. The monoisotopic (exact) mass is 232 g/mol. The zero-order valence-electron chi connectivity index (χ0n) is 10.8. The van der Waals surface area contributed by atoms with E-state index in [9.17, 15) is 0 Å². The summed E-state index contributed by atoms with van der Waals surface area (Å²) in [5.41, 5.74) is 1.94. The lowest BCUT2D eigenvalue weighted by Gasteiger charge is -2.13. The summed E-state index contributed by atoms with van der Waals surface area (Å²) in [5, 5.41) is 3.34. The van der Waals surface area contributed by atoms with E-state index in [0.29, 0.717) is 25.6 Å². The lowest BCUT2D eigenvalue weighted by atomic mass is 10.2. The number of terminal acetylenes is 1. The second-order valence-corrected chi connectivity index (χ2v) is 4.24. The Kier molecular flexibility index (Phi) is 5.51. The Labute approximate surface area is 104 Å². The number of rotatable bonds is 6. The molecule has 1 N–H and O–H groups in total. The van der Waals surface area contributed by atoms with E-state index in [1.54, 1.807) is 0 Å². The van der Waals surface area contributed by atoms with Crippen LogP contribution in [0.15, 0.2) is 12.1 Å². The van der Waals surface area contributed by atoms with Gasteiger partial charge in [-0.2, -0.15) is 0 Å². The number of pyridine rings is 1. The van der Waals surface area contributed by atoms with Crippen LogP contribution in [0.3, 0.4) is 0 Å². The maximum absolute atomic E-state index is 5.62. The molecule has 1 heterocycles. The molecule has 0 saturated carbocycles. The van der Waals surface area contributed by atoms with E-state index in [-0.39, 0.29) is 0 Å². The van der Waals surface area contributed by atoms with Gasteiger partial charge in [0.2, 0.25) is 0 Å². The second-order valence-electron chi connectivity index (χ2n) is 4.24. The van der Waals surface area contributed by atoms with Crippen molar-refractivity contribution in [2.24, 2.45) is 0 Å². The molecule has 17 heavy (non-hydrogen) atoms. The molecule has 3 nitrogen and oxygen atoms in total. The molecule has 0 aromatic carbocycles. The fraction of sp³-hybridized carbons (Fsp3) is 0.500. The Bertz CT molecular complexity index is 394. The predicted octanol–water partition coefficient (Wildman–Crippen LogP) is 2.29. The average Bonchev–Trinajstić information content (AvgIpc) is 2.29. The fourth-order valence-corrected chi connectivity index (χ4v) is 1.38. The summed E-state index contributed by atoms with van der Waals surface area (Å²) in [6.45, 7) is 7.44. The molecule has 1 rings (SSSR count). The highest BCUT2D eigenvalue weighted by molar-refractivity contribution is 5.29. The van der Waals surface area contributed by atoms with Crippen LogP contribution in [0.2, 0.25) is 0 Å². The van der Waals surface area contributed by atoms with Gasteiger partial charge in [-0.1, -0.05) is 13.8 Å². The van der Waals surface area contributed by atoms with Gasteiger partial charge in [0, 0.05) is 24.7 Å². The molecule has 0 bridgehead atoms. The minimum atomic E-state index is 0.427. The van der Waals surface area contributed by atoms with Crippen LogP contribution in [0, 0.1) is 19.3 Å². The lowest BCUT2D eigenvalue weighted by molar-refractivity contribution is 0.320. The molecule has 92 valence electrons. The van der Waals surface area contributed by atoms with Crippen molar-refractivity contribution in [1.29, 1.82) is 0 Å². The first-order chi connectivity index (χ1) is 8.13. The highest BCUT2D eigenvalue weighted by Crippen LogP contribution is 2.17. The first-order valence-corrected chi connectivity index (χ1v) is 5.89. The topological polar surface area (TPSA) is 34.1 Å². The van der Waals surface area contributed by atoms with Crippen LogP contribution in [0.1, 0.15) is 31.7 Å². The Morgan fingerprint density at radius 3 is 2.88 bits per heavy atom. The summed E-state index contributed by atoms with van der Waals surface area (Å²) in [4.78, 5) is 4.48. The van der Waals surface area contributed by atoms with E-state index in [2.05, 4.69) is 30.1 Å². The highest BCUT2D eigenvalue weighted by atomic mass is 16.5. The van der Waals surface area contributed by atoms with Crippen LogP contribution in [0.5, 0.6) is 5.75 Å². The van der Waals surface area contributed by atoms with Crippen molar-refractivity contribution in [3.05, 3.63) is 23.5 Å². The fourth-order valence-electron chi connectivity index (χ4n) is 1.38. The number of hydrogen-bond donors (Lipinski definition) is 1. The van der Waals surface area contributed by atoms with Gasteiger partial charge in [-0.25, -0.2) is 0 Å². The van der Waals surface area contributed by atoms with E-state index >= 15 is 0 Å². The molecular formula is C14H20N2O. The summed E-state index contributed by atoms with van der Waals surface area (Å²) in [6, 6.07) is 4.33. The van der Waals surface area contributed by atoms with Gasteiger partial charge in [-0.05, 0) is 19.1 Å². The van der Waals surface area contributed by atoms with Gasteiger partial charge >= 0.3 is 0 Å². The van der Waals surface area contributed by atoms with Crippen LogP contribution in [-0.2, 0) is 6.54 Å². The smallest absolute Gasteiger partial charge is 0.142 e. The van der Waals surface area contributed by atoms with Crippen molar-refractivity contribution >= 4 is 0 Å². The SMILES string of the molecule is C#CCCOc1ccc(C)nc1CNC(C)C. The van der Waals surface area contributed by atoms with E-state index in [1.807, 2.05) is 19.1 Å². The average molecular weight is 232 g/mol. The molecule has 0 atom stereocenters. The van der Waals surface area contributed by atoms with Gasteiger partial charge < -0.3 is 10.1 Å². The molecule has 0 amide bonds. The molecular weight excluding hydrogens is 212 g/mol. The Hall–Kier alpha value is -1.53. The molecule has 0 spiro atoms. The Morgan fingerprint density at radius 1 is 1.47 bits per heavy atom. The summed E-state index contributed by atoms with van der Waals surface area (Å²) < 4.78 is 5.62. The van der Waals surface area contributed by atoms with E-state index in [1.165, 1.54) is 0 Å². The van der Waals surface area contributed by atoms with Crippen LogP contribution in [0.4, 0.5) is 0 Å². The van der Waals surface area contributed by atoms with Crippen LogP contribution in [0.25, 0.3) is 0 Å². The molecule has 1 aromatic rings. The molecule has 0 aliphatic heterocycles. The van der Waals surface area contributed by atoms with E-state index < -0.39 is 0 Å². The van der Waals surface area contributed by atoms with Gasteiger partial charge in [0.15, 0.2) is 0 Å². The largest absolute Gasteiger partial charge is 0.491 e. The van der Waals surface area contributed by atoms with Crippen LogP contribution >= 0.6 is 0 Å². The quantitative estimate of drug-likeness (QED) is 0.603. The third kappa shape index (κ3) is 4.88. The van der Waals surface area contributed by atoms with Crippen molar-refractivity contribution in [2.45, 2.75) is 39.8 Å². The maximum atomic E-state index is 5.62. The Morgan fingerprint density at radius 2 is 2.24 bits per heavy atom. The number of aromatic nitrogens is 1. The molecule has 0 fully saturated rings. The molecule has 0 unspecified atom stereocenters. The van der Waals surface area contributed by atoms with Gasteiger partial charge in [-0.15, -0.1) is 12.3 Å². The van der Waals surface area contributed by atoms with Crippen LogP contribution < -0.4 is 10.1 Å². The molecule has 1 aromatic heterocycles. The molecule has 0 aliphatic rings. The van der Waals surface area contributed by atoms with Crippen molar-refractivity contribution in [3.8, 4) is 18.1 Å². The minimum Gasteiger partial charge on any atom is -0.491 e. The zero-order valence-corrected chi connectivity index (χ0v) is 10.8. The number of nitrogens with one attached hydrogen (secondary N) is 1. The van der Waals surface area contributed by atoms with Gasteiger partial charge in [0.25, 0.3) is 0 Å². The first-order valence-electron chi connectivity index (χ1n) is 5.89. The van der Waals surface area contributed by atoms with Crippen molar-refractivity contribution in [1.82, 2.24) is 10.3 Å². The van der Waals surface area contributed by atoms with Gasteiger partial charge in [-0.3, -0.25) is 4.98 Å². The summed E-state index contributed by atoms with van der Waals surface area (Å²) in [5.74, 6) is 3.38. The first kappa shape index (κ1) is 13.5. The third-order valence-electron chi connectivity index (χ3n) is 2.25. The molecule has 0 aliphatic carbocycles. The predicted molar refractivity (Wildman–Crippen MR) is 69.9 cm³/mol. The second kappa shape index (κ2) is 6.93. The summed E-state index contributed by atoms with van der Waals surface area (Å²) in [6.07, 6.45) is 5.81. The zero-order chi connectivity index (χ0) is 12.7.